The maximum atomic E-state index is 13.6. The Labute approximate surface area is 173 Å². The molecule has 1 fully saturated rings. The lowest BCUT2D eigenvalue weighted by Crippen LogP contribution is -2.51. The molecule has 29 heavy (non-hydrogen) atoms. The van der Waals surface area contributed by atoms with Crippen molar-refractivity contribution in [3.8, 4) is 0 Å². The van der Waals surface area contributed by atoms with Crippen LogP contribution in [0.4, 0.5) is 0 Å². The number of nitrogens with one attached hydrogen (secondary N) is 1. The monoisotopic (exact) mass is 399 g/mol. The van der Waals surface area contributed by atoms with E-state index in [4.69, 9.17) is 0 Å². The fourth-order valence-corrected chi connectivity index (χ4v) is 5.45. The standard InChI is InChI=1S/C24H33NO4/c1-13(2)10-18-22-16(5)15(4)12-17-11-14(3)6-7-19(26)20(27)8-9-21(28)24(17,22)23(29)25-18/h8-9,11-13,16-19,22,26H,6-7,10H2,1-5H3,(H,25,29)/b9-8+,14-11?/t16-,17?,18+,19+,22+,24-/m1/s1. The Kier molecular flexibility index (Phi) is 6.00. The molecule has 1 unspecified atom stereocenters. The molecule has 2 N–H and O–H groups in total. The molecule has 0 saturated carbocycles. The number of aliphatic hydroxyl groups is 1. The topological polar surface area (TPSA) is 83.5 Å². The number of hydrogen-bond donors (Lipinski definition) is 2. The van der Waals surface area contributed by atoms with E-state index in [0.29, 0.717) is 18.8 Å². The van der Waals surface area contributed by atoms with Gasteiger partial charge in [0, 0.05) is 17.9 Å². The van der Waals surface area contributed by atoms with Crippen LogP contribution in [-0.2, 0) is 14.4 Å². The fraction of sp³-hybridized carbons (Fsp3) is 0.625. The molecular weight excluding hydrogens is 366 g/mol. The molecule has 0 aromatic carbocycles. The van der Waals surface area contributed by atoms with Gasteiger partial charge >= 0.3 is 0 Å². The van der Waals surface area contributed by atoms with Crippen molar-refractivity contribution in [2.45, 2.75) is 66.0 Å². The molecule has 1 saturated heterocycles. The summed E-state index contributed by atoms with van der Waals surface area (Å²) in [7, 11) is 0. The van der Waals surface area contributed by atoms with Crippen LogP contribution in [0.25, 0.3) is 0 Å². The van der Waals surface area contributed by atoms with Crippen molar-refractivity contribution in [2.75, 3.05) is 0 Å². The minimum absolute atomic E-state index is 0.0754. The molecule has 0 bridgehead atoms. The molecule has 3 aliphatic rings. The molecule has 6 atom stereocenters. The molecule has 1 amide bonds. The Morgan fingerprint density at radius 1 is 1.17 bits per heavy atom. The summed E-state index contributed by atoms with van der Waals surface area (Å²) in [5.74, 6) is -1.12. The van der Waals surface area contributed by atoms with E-state index < -0.39 is 17.3 Å². The van der Waals surface area contributed by atoms with Crippen LogP contribution in [0, 0.1) is 29.1 Å². The van der Waals surface area contributed by atoms with Crippen LogP contribution >= 0.6 is 0 Å². The number of rotatable bonds is 2. The average molecular weight is 400 g/mol. The highest BCUT2D eigenvalue weighted by Gasteiger charge is 2.64. The van der Waals surface area contributed by atoms with Gasteiger partial charge in [-0.1, -0.05) is 44.1 Å². The molecule has 5 heteroatoms. The van der Waals surface area contributed by atoms with Crippen molar-refractivity contribution >= 4 is 17.5 Å². The molecule has 3 rings (SSSR count). The van der Waals surface area contributed by atoms with E-state index in [2.05, 4.69) is 39.1 Å². The summed E-state index contributed by atoms with van der Waals surface area (Å²) in [6, 6.07) is -0.0823. The predicted octanol–water partition coefficient (Wildman–Crippen LogP) is 3.14. The lowest BCUT2D eigenvalue weighted by atomic mass is 9.55. The van der Waals surface area contributed by atoms with Gasteiger partial charge in [-0.15, -0.1) is 0 Å². The van der Waals surface area contributed by atoms with Gasteiger partial charge in [0.2, 0.25) is 5.91 Å². The van der Waals surface area contributed by atoms with Crippen molar-refractivity contribution in [1.29, 1.82) is 0 Å². The number of carbonyl (C=O) groups excluding carboxylic acids is 3. The number of allylic oxidation sites excluding steroid dienone is 5. The van der Waals surface area contributed by atoms with Gasteiger partial charge in [-0.3, -0.25) is 14.4 Å². The summed E-state index contributed by atoms with van der Waals surface area (Å²) in [6.07, 6.45) is 7.00. The Bertz CT molecular complexity index is 806. The van der Waals surface area contributed by atoms with E-state index in [1.165, 1.54) is 11.6 Å². The van der Waals surface area contributed by atoms with Crippen LogP contribution in [0.1, 0.15) is 53.9 Å². The minimum Gasteiger partial charge on any atom is -0.385 e. The third-order valence-electron chi connectivity index (χ3n) is 7.01. The van der Waals surface area contributed by atoms with Crippen molar-refractivity contribution in [2.24, 2.45) is 29.1 Å². The quantitative estimate of drug-likeness (QED) is 0.552. The van der Waals surface area contributed by atoms with Gasteiger partial charge in [0.1, 0.15) is 11.5 Å². The highest BCUT2D eigenvalue weighted by atomic mass is 16.3. The van der Waals surface area contributed by atoms with E-state index in [9.17, 15) is 19.5 Å². The number of ketones is 2. The van der Waals surface area contributed by atoms with Gasteiger partial charge in [0.15, 0.2) is 11.6 Å². The van der Waals surface area contributed by atoms with Gasteiger partial charge < -0.3 is 10.4 Å². The van der Waals surface area contributed by atoms with E-state index in [1.54, 1.807) is 0 Å². The number of carbonyl (C=O) groups is 3. The largest absolute Gasteiger partial charge is 0.385 e. The van der Waals surface area contributed by atoms with E-state index in [-0.39, 0.29) is 35.5 Å². The zero-order valence-corrected chi connectivity index (χ0v) is 18.1. The number of amides is 1. The van der Waals surface area contributed by atoms with E-state index in [0.717, 1.165) is 18.1 Å². The summed E-state index contributed by atoms with van der Waals surface area (Å²) >= 11 is 0. The summed E-state index contributed by atoms with van der Waals surface area (Å²) in [5, 5.41) is 13.2. The molecule has 0 radical (unpaired) electrons. The van der Waals surface area contributed by atoms with Crippen molar-refractivity contribution in [3.05, 3.63) is 35.5 Å². The van der Waals surface area contributed by atoms with Crippen LogP contribution < -0.4 is 5.32 Å². The molecule has 1 heterocycles. The van der Waals surface area contributed by atoms with Gasteiger partial charge in [0.25, 0.3) is 0 Å². The zero-order valence-electron chi connectivity index (χ0n) is 18.1. The Balaban J connectivity index is 2.21. The number of hydrogen-bond acceptors (Lipinski definition) is 4. The second-order valence-corrected chi connectivity index (χ2v) is 9.50. The molecule has 158 valence electrons. The summed E-state index contributed by atoms with van der Waals surface area (Å²) in [4.78, 5) is 39.3. The zero-order chi connectivity index (χ0) is 21.5. The lowest BCUT2D eigenvalue weighted by molar-refractivity contribution is -0.142. The molecular formula is C24H33NO4. The van der Waals surface area contributed by atoms with Gasteiger partial charge in [0.05, 0.1) is 0 Å². The maximum absolute atomic E-state index is 13.6. The van der Waals surface area contributed by atoms with Gasteiger partial charge in [-0.05, 0) is 57.1 Å². The molecule has 5 nitrogen and oxygen atoms in total. The van der Waals surface area contributed by atoms with E-state index >= 15 is 0 Å². The highest BCUT2D eigenvalue weighted by Crippen LogP contribution is 2.55. The first-order chi connectivity index (χ1) is 13.6. The molecule has 0 aromatic heterocycles. The van der Waals surface area contributed by atoms with Crippen molar-refractivity contribution in [1.82, 2.24) is 5.32 Å². The van der Waals surface area contributed by atoms with Gasteiger partial charge in [-0.2, -0.15) is 0 Å². The minimum atomic E-state index is -1.24. The molecule has 2 aliphatic carbocycles. The highest BCUT2D eigenvalue weighted by molar-refractivity contribution is 6.15. The Hall–Kier alpha value is -2.01. The summed E-state index contributed by atoms with van der Waals surface area (Å²) < 4.78 is 0. The van der Waals surface area contributed by atoms with Gasteiger partial charge in [-0.25, -0.2) is 0 Å². The first-order valence-electron chi connectivity index (χ1n) is 10.7. The third-order valence-corrected chi connectivity index (χ3v) is 7.01. The molecule has 1 spiro atoms. The smallest absolute Gasteiger partial charge is 0.235 e. The SMILES string of the molecule is CC1=CC2C=C(C)[C@@H](C)[C@H]3[C@H](CC(C)C)NC(=O)[C@@]23C(=O)/C=C/C(=O)[C@@H](O)CC1. The average Bonchev–Trinajstić information content (AvgIpc) is 2.93. The fourth-order valence-electron chi connectivity index (χ4n) is 5.45. The van der Waals surface area contributed by atoms with Crippen LogP contribution in [-0.4, -0.2) is 34.7 Å². The van der Waals surface area contributed by atoms with Crippen molar-refractivity contribution in [3.63, 3.8) is 0 Å². The second-order valence-electron chi connectivity index (χ2n) is 9.50. The number of aliphatic hydroxyl groups excluding tert-OH is 1. The maximum Gasteiger partial charge on any atom is 0.235 e. The summed E-state index contributed by atoms with van der Waals surface area (Å²) in [6.45, 7) is 10.3. The lowest BCUT2D eigenvalue weighted by Gasteiger charge is -2.44. The van der Waals surface area contributed by atoms with E-state index in [1.807, 2.05) is 13.0 Å². The predicted molar refractivity (Wildman–Crippen MR) is 112 cm³/mol. The van der Waals surface area contributed by atoms with Crippen LogP contribution in [0.3, 0.4) is 0 Å². The Morgan fingerprint density at radius 2 is 1.86 bits per heavy atom. The van der Waals surface area contributed by atoms with Crippen LogP contribution in [0.2, 0.25) is 0 Å². The first kappa shape index (κ1) is 21.7. The summed E-state index contributed by atoms with van der Waals surface area (Å²) in [5.41, 5.74) is 0.923. The first-order valence-corrected chi connectivity index (χ1v) is 10.7. The van der Waals surface area contributed by atoms with Crippen molar-refractivity contribution < 1.29 is 19.5 Å². The second kappa shape index (κ2) is 8.02. The van der Waals surface area contributed by atoms with Crippen LogP contribution in [0.5, 0.6) is 0 Å². The third kappa shape index (κ3) is 3.65. The Morgan fingerprint density at radius 3 is 2.52 bits per heavy atom. The molecule has 1 aliphatic heterocycles. The van der Waals surface area contributed by atoms with Crippen LogP contribution in [0.15, 0.2) is 35.5 Å². The normalized spacial score (nSPS) is 39.1. The molecule has 0 aromatic rings.